The summed E-state index contributed by atoms with van der Waals surface area (Å²) in [6.45, 7) is 7.53. The van der Waals surface area contributed by atoms with Crippen LogP contribution in [-0.2, 0) is 14.4 Å². The van der Waals surface area contributed by atoms with Crippen LogP contribution in [0.4, 0.5) is 5.69 Å². The standard InChI is InChI=1S/C19H19N3.3C2H4O2/c1-2-4-18-15(3-1)7-10-19(21-18)16-5-8-17(9-6-16)22-13-11-20-12-14-22;3*1-2(3)4/h1-10,20H,11-14H2;3*1H3,(H,3,4). The molecule has 2 aromatic carbocycles. The molecule has 4 N–H and O–H groups in total. The van der Waals surface area contributed by atoms with Crippen molar-refractivity contribution in [3.63, 3.8) is 0 Å². The number of pyridine rings is 1. The van der Waals surface area contributed by atoms with Crippen LogP contribution in [0.15, 0.2) is 60.7 Å². The molecule has 182 valence electrons. The Bertz CT molecular complexity index is 1020. The molecule has 1 fully saturated rings. The summed E-state index contributed by atoms with van der Waals surface area (Å²) in [5.74, 6) is -2.50. The number of carboxylic acids is 3. The maximum absolute atomic E-state index is 9.00. The normalized spacial score (nSPS) is 12.0. The van der Waals surface area contributed by atoms with E-state index in [0.29, 0.717) is 0 Å². The fraction of sp³-hybridized carbons (Fsp3) is 0.280. The predicted molar refractivity (Wildman–Crippen MR) is 132 cm³/mol. The highest BCUT2D eigenvalue weighted by atomic mass is 16.4. The number of benzene rings is 2. The van der Waals surface area contributed by atoms with Gasteiger partial charge in [0.25, 0.3) is 17.9 Å². The lowest BCUT2D eigenvalue weighted by molar-refractivity contribution is -0.135. The zero-order chi connectivity index (χ0) is 25.5. The van der Waals surface area contributed by atoms with Crippen LogP contribution in [0.5, 0.6) is 0 Å². The van der Waals surface area contributed by atoms with E-state index in [2.05, 4.69) is 58.7 Å². The summed E-state index contributed by atoms with van der Waals surface area (Å²) >= 11 is 0. The van der Waals surface area contributed by atoms with Gasteiger partial charge >= 0.3 is 0 Å². The number of hydrogen-bond donors (Lipinski definition) is 4. The summed E-state index contributed by atoms with van der Waals surface area (Å²) in [4.78, 5) is 34.2. The van der Waals surface area contributed by atoms with Gasteiger partial charge in [0.05, 0.1) is 11.2 Å². The van der Waals surface area contributed by atoms with E-state index in [4.69, 9.17) is 34.7 Å². The smallest absolute Gasteiger partial charge is 0.300 e. The molecule has 34 heavy (non-hydrogen) atoms. The van der Waals surface area contributed by atoms with Gasteiger partial charge in [-0.25, -0.2) is 4.98 Å². The second-order valence-electron chi connectivity index (χ2n) is 7.23. The molecule has 0 saturated carbocycles. The fourth-order valence-corrected chi connectivity index (χ4v) is 2.99. The first kappa shape index (κ1) is 28.1. The molecule has 1 aromatic heterocycles. The number of nitrogens with one attached hydrogen (secondary N) is 1. The quantitative estimate of drug-likeness (QED) is 0.443. The number of anilines is 1. The first-order valence-electron chi connectivity index (χ1n) is 10.6. The number of fused-ring (bicyclic) bond motifs is 1. The first-order chi connectivity index (χ1) is 16.1. The van der Waals surface area contributed by atoms with Gasteiger partial charge in [-0.15, -0.1) is 0 Å². The molecule has 0 radical (unpaired) electrons. The molecule has 0 aliphatic carbocycles. The number of nitrogens with zero attached hydrogens (tertiary/aromatic N) is 2. The maximum atomic E-state index is 9.00. The number of aliphatic carboxylic acids is 3. The Hall–Kier alpha value is -3.98. The van der Waals surface area contributed by atoms with Gasteiger partial charge in [-0.2, -0.15) is 0 Å². The number of aromatic nitrogens is 1. The van der Waals surface area contributed by atoms with Crippen molar-refractivity contribution >= 4 is 34.5 Å². The molecule has 9 nitrogen and oxygen atoms in total. The van der Waals surface area contributed by atoms with Gasteiger partial charge in [-0.3, -0.25) is 14.4 Å². The van der Waals surface area contributed by atoms with Crippen molar-refractivity contribution in [2.45, 2.75) is 20.8 Å². The Morgan fingerprint density at radius 1 is 0.765 bits per heavy atom. The Morgan fingerprint density at radius 2 is 1.26 bits per heavy atom. The van der Waals surface area contributed by atoms with E-state index >= 15 is 0 Å². The summed E-state index contributed by atoms with van der Waals surface area (Å²) in [5.41, 5.74) is 4.55. The first-order valence-corrected chi connectivity index (χ1v) is 10.6. The third kappa shape index (κ3) is 11.6. The Kier molecular flexibility index (Phi) is 12.3. The molecule has 2 heterocycles. The summed E-state index contributed by atoms with van der Waals surface area (Å²) < 4.78 is 0. The average Bonchev–Trinajstić information content (AvgIpc) is 2.78. The number of carbonyl (C=O) groups is 3. The molecule has 0 amide bonds. The minimum atomic E-state index is -0.833. The Morgan fingerprint density at radius 3 is 1.79 bits per heavy atom. The van der Waals surface area contributed by atoms with Gasteiger partial charge < -0.3 is 25.5 Å². The zero-order valence-electron chi connectivity index (χ0n) is 19.6. The van der Waals surface area contributed by atoms with Crippen LogP contribution in [0.25, 0.3) is 22.2 Å². The monoisotopic (exact) mass is 469 g/mol. The van der Waals surface area contributed by atoms with Gasteiger partial charge in [0, 0.05) is 63.6 Å². The molecule has 0 atom stereocenters. The number of piperazine rings is 1. The van der Waals surface area contributed by atoms with Crippen LogP contribution in [0, 0.1) is 0 Å². The van der Waals surface area contributed by atoms with E-state index < -0.39 is 17.9 Å². The molecule has 0 bridgehead atoms. The van der Waals surface area contributed by atoms with Crippen molar-refractivity contribution in [2.75, 3.05) is 31.1 Å². The number of carboxylic acid groups (broad SMARTS) is 3. The van der Waals surface area contributed by atoms with Crippen molar-refractivity contribution in [3.8, 4) is 11.3 Å². The van der Waals surface area contributed by atoms with E-state index in [0.717, 1.165) is 58.2 Å². The maximum Gasteiger partial charge on any atom is 0.300 e. The van der Waals surface area contributed by atoms with E-state index in [1.807, 2.05) is 12.1 Å². The van der Waals surface area contributed by atoms with Crippen molar-refractivity contribution in [3.05, 3.63) is 60.7 Å². The van der Waals surface area contributed by atoms with Crippen LogP contribution in [0.1, 0.15) is 20.8 Å². The van der Waals surface area contributed by atoms with Crippen LogP contribution < -0.4 is 10.2 Å². The molecule has 9 heteroatoms. The van der Waals surface area contributed by atoms with E-state index in [-0.39, 0.29) is 0 Å². The van der Waals surface area contributed by atoms with E-state index in [9.17, 15) is 0 Å². The van der Waals surface area contributed by atoms with Crippen LogP contribution >= 0.6 is 0 Å². The van der Waals surface area contributed by atoms with Crippen molar-refractivity contribution < 1.29 is 29.7 Å². The number of hydrogen-bond acceptors (Lipinski definition) is 6. The molecule has 1 aliphatic heterocycles. The van der Waals surface area contributed by atoms with Gasteiger partial charge in [0.2, 0.25) is 0 Å². The summed E-state index contributed by atoms with van der Waals surface area (Å²) in [5, 5.41) is 26.8. The topological polar surface area (TPSA) is 140 Å². The van der Waals surface area contributed by atoms with Crippen LogP contribution in [-0.4, -0.2) is 64.4 Å². The van der Waals surface area contributed by atoms with E-state index in [1.165, 1.54) is 16.6 Å². The molecule has 3 aromatic rings. The third-order valence-corrected chi connectivity index (χ3v) is 4.24. The highest BCUT2D eigenvalue weighted by Gasteiger charge is 2.10. The van der Waals surface area contributed by atoms with Gasteiger partial charge in [-0.05, 0) is 24.3 Å². The third-order valence-electron chi connectivity index (χ3n) is 4.24. The molecule has 0 unspecified atom stereocenters. The SMILES string of the molecule is CC(=O)O.CC(=O)O.CC(=O)O.c1ccc2nc(-c3ccc(N4CCNCC4)cc3)ccc2c1. The second-order valence-corrected chi connectivity index (χ2v) is 7.23. The van der Waals surface area contributed by atoms with Gasteiger partial charge in [-0.1, -0.05) is 36.4 Å². The van der Waals surface area contributed by atoms with Crippen LogP contribution in [0.2, 0.25) is 0 Å². The Balaban J connectivity index is 0.000000405. The molecular formula is C25H31N3O6. The summed E-state index contributed by atoms with van der Waals surface area (Å²) in [6.07, 6.45) is 0. The lowest BCUT2D eigenvalue weighted by atomic mass is 10.1. The predicted octanol–water partition coefficient (Wildman–Crippen LogP) is 3.58. The zero-order valence-corrected chi connectivity index (χ0v) is 19.6. The van der Waals surface area contributed by atoms with Crippen molar-refractivity contribution in [1.29, 1.82) is 0 Å². The lowest BCUT2D eigenvalue weighted by Gasteiger charge is -2.29. The minimum Gasteiger partial charge on any atom is -0.481 e. The average molecular weight is 470 g/mol. The largest absolute Gasteiger partial charge is 0.481 e. The van der Waals surface area contributed by atoms with Gasteiger partial charge in [0.1, 0.15) is 0 Å². The summed E-state index contributed by atoms with van der Waals surface area (Å²) in [6, 6.07) is 21.2. The summed E-state index contributed by atoms with van der Waals surface area (Å²) in [7, 11) is 0. The van der Waals surface area contributed by atoms with Crippen molar-refractivity contribution in [2.24, 2.45) is 0 Å². The fourth-order valence-electron chi connectivity index (χ4n) is 2.99. The van der Waals surface area contributed by atoms with E-state index in [1.54, 1.807) is 0 Å². The molecule has 4 rings (SSSR count). The highest BCUT2D eigenvalue weighted by molar-refractivity contribution is 5.81. The highest BCUT2D eigenvalue weighted by Crippen LogP contribution is 2.24. The number of para-hydroxylation sites is 1. The second kappa shape index (κ2) is 15.0. The lowest BCUT2D eigenvalue weighted by Crippen LogP contribution is -2.43. The molecule has 1 saturated heterocycles. The van der Waals surface area contributed by atoms with Crippen LogP contribution in [0.3, 0.4) is 0 Å². The minimum absolute atomic E-state index is 0.833. The molecule has 1 aliphatic rings. The molecular weight excluding hydrogens is 438 g/mol. The van der Waals surface area contributed by atoms with Gasteiger partial charge in [0.15, 0.2) is 0 Å². The number of rotatable bonds is 2. The van der Waals surface area contributed by atoms with Crippen molar-refractivity contribution in [1.82, 2.24) is 10.3 Å². The Labute approximate surface area is 198 Å². The molecule has 0 spiro atoms.